The van der Waals surface area contributed by atoms with Crippen LogP contribution in [0.2, 0.25) is 0 Å². The molecule has 0 atom stereocenters. The summed E-state index contributed by atoms with van der Waals surface area (Å²) >= 11 is 0. The molecule has 0 radical (unpaired) electrons. The van der Waals surface area contributed by atoms with Crippen LogP contribution in [0.3, 0.4) is 0 Å². The van der Waals surface area contributed by atoms with Gasteiger partial charge in [-0.05, 0) is 44.0 Å². The van der Waals surface area contributed by atoms with E-state index in [4.69, 9.17) is 0 Å². The number of amidine groups is 1. The fraction of sp³-hybridized carbons (Fsp3) is 0.533. The fourth-order valence-corrected chi connectivity index (χ4v) is 4.09. The minimum absolute atomic E-state index is 0.329. The second-order valence-corrected chi connectivity index (χ2v) is 7.51. The molecule has 0 aromatic heterocycles. The first kappa shape index (κ1) is 14.5. The van der Waals surface area contributed by atoms with Crippen LogP contribution in [0.25, 0.3) is 0 Å². The third-order valence-electron chi connectivity index (χ3n) is 4.23. The van der Waals surface area contributed by atoms with Crippen molar-refractivity contribution in [2.45, 2.75) is 24.7 Å². The molecule has 2 aliphatic rings. The minimum atomic E-state index is -3.41. The molecule has 1 aromatic rings. The molecule has 114 valence electrons. The Morgan fingerprint density at radius 3 is 2.76 bits per heavy atom. The topological polar surface area (TPSA) is 61.8 Å². The molecule has 1 fully saturated rings. The molecule has 0 aliphatic carbocycles. The Balaban J connectivity index is 1.66. The predicted molar refractivity (Wildman–Crippen MR) is 83.0 cm³/mol. The lowest BCUT2D eigenvalue weighted by Gasteiger charge is -2.29. The van der Waals surface area contributed by atoms with Gasteiger partial charge in [-0.3, -0.25) is 9.71 Å². The molecule has 1 saturated heterocycles. The van der Waals surface area contributed by atoms with Crippen molar-refractivity contribution >= 4 is 15.9 Å². The van der Waals surface area contributed by atoms with E-state index in [1.807, 2.05) is 6.07 Å². The minimum Gasteiger partial charge on any atom is -0.301 e. The molecule has 2 heterocycles. The van der Waals surface area contributed by atoms with Crippen molar-refractivity contribution in [3.63, 3.8) is 0 Å². The largest absolute Gasteiger partial charge is 0.301 e. The number of hydrogen-bond donors (Lipinski definition) is 1. The Morgan fingerprint density at radius 2 is 2.00 bits per heavy atom. The van der Waals surface area contributed by atoms with Crippen LogP contribution < -0.4 is 4.72 Å². The zero-order valence-electron chi connectivity index (χ0n) is 12.2. The number of fused-ring (bicyclic) bond motifs is 1. The van der Waals surface area contributed by atoms with Crippen LogP contribution >= 0.6 is 0 Å². The number of sulfonamides is 1. The molecule has 21 heavy (non-hydrogen) atoms. The van der Waals surface area contributed by atoms with Gasteiger partial charge >= 0.3 is 0 Å². The smallest absolute Gasteiger partial charge is 0.263 e. The van der Waals surface area contributed by atoms with Crippen molar-refractivity contribution in [1.82, 2.24) is 9.62 Å². The van der Waals surface area contributed by atoms with Gasteiger partial charge in [-0.2, -0.15) is 0 Å². The van der Waals surface area contributed by atoms with Gasteiger partial charge in [-0.1, -0.05) is 19.1 Å². The molecule has 1 aromatic carbocycles. The first-order valence-electron chi connectivity index (χ1n) is 7.45. The molecule has 3 rings (SSSR count). The van der Waals surface area contributed by atoms with E-state index in [2.05, 4.69) is 21.5 Å². The van der Waals surface area contributed by atoms with Gasteiger partial charge in [0.25, 0.3) is 10.0 Å². The van der Waals surface area contributed by atoms with E-state index in [0.717, 1.165) is 25.6 Å². The summed E-state index contributed by atoms with van der Waals surface area (Å²) in [6.07, 6.45) is 2.48. The van der Waals surface area contributed by atoms with Crippen molar-refractivity contribution in [3.05, 3.63) is 29.8 Å². The molecule has 6 heteroatoms. The maximum absolute atomic E-state index is 12.0. The number of benzene rings is 1. The van der Waals surface area contributed by atoms with Crippen LogP contribution in [-0.4, -0.2) is 45.3 Å². The number of nitrogens with zero attached hydrogens (tertiary/aromatic N) is 2. The molecule has 5 nitrogen and oxygen atoms in total. The first-order chi connectivity index (χ1) is 10.1. The summed E-state index contributed by atoms with van der Waals surface area (Å²) in [5, 5.41) is 0. The van der Waals surface area contributed by atoms with E-state index in [0.29, 0.717) is 22.8 Å². The van der Waals surface area contributed by atoms with Crippen LogP contribution in [0, 0.1) is 5.92 Å². The Hall–Kier alpha value is -1.40. The zero-order chi connectivity index (χ0) is 14.9. The van der Waals surface area contributed by atoms with Gasteiger partial charge in [0.15, 0.2) is 0 Å². The lowest BCUT2D eigenvalue weighted by atomic mass is 9.99. The average molecular weight is 307 g/mol. The highest BCUT2D eigenvalue weighted by Gasteiger charge is 2.29. The normalized spacial score (nSPS) is 24.0. The van der Waals surface area contributed by atoms with E-state index in [1.165, 1.54) is 12.8 Å². The molecule has 0 unspecified atom stereocenters. The Bertz CT molecular complexity index is 647. The summed E-state index contributed by atoms with van der Waals surface area (Å²) in [5.41, 5.74) is 0.685. The van der Waals surface area contributed by atoms with E-state index >= 15 is 0 Å². The SMILES string of the molecule is CC1CCN(CCN=C2NS(=O)(=O)c3ccccc32)CC1. The molecule has 1 N–H and O–H groups in total. The van der Waals surface area contributed by atoms with Crippen LogP contribution in [0.1, 0.15) is 25.3 Å². The molecule has 2 aliphatic heterocycles. The zero-order valence-corrected chi connectivity index (χ0v) is 13.1. The lowest BCUT2D eigenvalue weighted by Crippen LogP contribution is -2.35. The first-order valence-corrected chi connectivity index (χ1v) is 8.93. The maximum atomic E-state index is 12.0. The third-order valence-corrected chi connectivity index (χ3v) is 5.62. The molecule has 0 bridgehead atoms. The second kappa shape index (κ2) is 5.77. The molecular formula is C15H21N3O2S. The Kier molecular flexibility index (Phi) is 3.99. The van der Waals surface area contributed by atoms with Crippen LogP contribution in [0.15, 0.2) is 34.2 Å². The van der Waals surface area contributed by atoms with Crippen molar-refractivity contribution in [2.75, 3.05) is 26.2 Å². The fourth-order valence-electron chi connectivity index (χ4n) is 2.84. The quantitative estimate of drug-likeness (QED) is 0.919. The third kappa shape index (κ3) is 3.11. The van der Waals surface area contributed by atoms with Crippen molar-refractivity contribution in [2.24, 2.45) is 10.9 Å². The Morgan fingerprint density at radius 1 is 1.29 bits per heavy atom. The predicted octanol–water partition coefficient (Wildman–Crippen LogP) is 1.46. The van der Waals surface area contributed by atoms with Gasteiger partial charge in [0.05, 0.1) is 11.4 Å². The van der Waals surface area contributed by atoms with Crippen molar-refractivity contribution in [1.29, 1.82) is 0 Å². The summed E-state index contributed by atoms with van der Waals surface area (Å²) in [6, 6.07) is 6.99. The molecular weight excluding hydrogens is 286 g/mol. The molecule has 0 saturated carbocycles. The van der Waals surface area contributed by atoms with Gasteiger partial charge in [-0.25, -0.2) is 8.42 Å². The van der Waals surface area contributed by atoms with Gasteiger partial charge in [0.2, 0.25) is 0 Å². The number of piperidine rings is 1. The highest BCUT2D eigenvalue weighted by molar-refractivity contribution is 7.90. The van der Waals surface area contributed by atoms with E-state index in [-0.39, 0.29) is 0 Å². The van der Waals surface area contributed by atoms with Crippen LogP contribution in [-0.2, 0) is 10.0 Å². The van der Waals surface area contributed by atoms with Gasteiger partial charge in [0, 0.05) is 12.1 Å². The van der Waals surface area contributed by atoms with E-state index < -0.39 is 10.0 Å². The maximum Gasteiger partial charge on any atom is 0.263 e. The summed E-state index contributed by atoms with van der Waals surface area (Å²) in [5.74, 6) is 1.30. The van der Waals surface area contributed by atoms with Gasteiger partial charge < -0.3 is 4.90 Å². The molecule has 0 spiro atoms. The van der Waals surface area contributed by atoms with E-state index in [9.17, 15) is 8.42 Å². The van der Waals surface area contributed by atoms with Crippen LogP contribution in [0.5, 0.6) is 0 Å². The van der Waals surface area contributed by atoms with Gasteiger partial charge in [0.1, 0.15) is 5.84 Å². The summed E-state index contributed by atoms with van der Waals surface area (Å²) in [4.78, 5) is 7.19. The standard InChI is InChI=1S/C15H21N3O2S/c1-12-6-9-18(10-7-12)11-8-16-15-13-4-2-3-5-14(13)21(19,20)17-15/h2-5,12H,6-11H2,1H3,(H,16,17). The monoisotopic (exact) mass is 307 g/mol. The van der Waals surface area contributed by atoms with Gasteiger partial charge in [-0.15, -0.1) is 0 Å². The van der Waals surface area contributed by atoms with E-state index in [1.54, 1.807) is 18.2 Å². The highest BCUT2D eigenvalue weighted by atomic mass is 32.2. The number of aliphatic imine (C=N–C) groups is 1. The number of nitrogens with one attached hydrogen (secondary N) is 1. The number of hydrogen-bond acceptors (Lipinski definition) is 4. The number of rotatable bonds is 3. The molecule has 0 amide bonds. The average Bonchev–Trinajstić information content (AvgIpc) is 2.73. The summed E-state index contributed by atoms with van der Waals surface area (Å²) in [6.45, 7) is 6.05. The Labute approximate surface area is 126 Å². The lowest BCUT2D eigenvalue weighted by molar-refractivity contribution is 0.197. The van der Waals surface area contributed by atoms with Crippen molar-refractivity contribution < 1.29 is 8.42 Å². The second-order valence-electron chi connectivity index (χ2n) is 5.86. The van der Waals surface area contributed by atoms with Crippen LogP contribution in [0.4, 0.5) is 0 Å². The highest BCUT2D eigenvalue weighted by Crippen LogP contribution is 2.22. The van der Waals surface area contributed by atoms with Crippen molar-refractivity contribution in [3.8, 4) is 0 Å². The summed E-state index contributed by atoms with van der Waals surface area (Å²) in [7, 11) is -3.41. The summed E-state index contributed by atoms with van der Waals surface area (Å²) < 4.78 is 26.5. The number of likely N-dealkylation sites (tertiary alicyclic amines) is 1.